The second-order valence-corrected chi connectivity index (χ2v) is 8.62. The van der Waals surface area contributed by atoms with E-state index in [0.29, 0.717) is 22.4 Å². The quantitative estimate of drug-likeness (QED) is 0.540. The highest BCUT2D eigenvalue weighted by atomic mass is 19.4. The Bertz CT molecular complexity index is 1160. The van der Waals surface area contributed by atoms with Crippen LogP contribution in [0.15, 0.2) is 42.5 Å². The number of nitrogens with zero attached hydrogens (tertiary/aromatic N) is 2. The molecule has 2 aromatic rings. The number of benzene rings is 2. The van der Waals surface area contributed by atoms with Crippen LogP contribution >= 0.6 is 0 Å². The Morgan fingerprint density at radius 1 is 1.16 bits per heavy atom. The minimum absolute atomic E-state index is 0.166. The molecule has 0 bridgehead atoms. The van der Waals surface area contributed by atoms with Gasteiger partial charge in [0, 0.05) is 11.4 Å². The van der Waals surface area contributed by atoms with Crippen molar-refractivity contribution in [3.63, 3.8) is 0 Å². The first-order valence-electron chi connectivity index (χ1n) is 11.3. The number of hydrogen-bond acceptors (Lipinski definition) is 6. The summed E-state index contributed by atoms with van der Waals surface area (Å²) in [6, 6.07) is 9.72. The fraction of sp³-hybridized carbons (Fsp3) is 0.417. The largest absolute Gasteiger partial charge is 0.491 e. The van der Waals surface area contributed by atoms with Crippen molar-refractivity contribution >= 4 is 17.3 Å². The zero-order chi connectivity index (χ0) is 26.8. The van der Waals surface area contributed by atoms with Crippen LogP contribution < -0.4 is 20.3 Å². The maximum Gasteiger partial charge on any atom is 0.433 e. The van der Waals surface area contributed by atoms with Crippen molar-refractivity contribution in [1.29, 1.82) is 5.26 Å². The van der Waals surface area contributed by atoms with Crippen molar-refractivity contribution < 1.29 is 40.6 Å². The van der Waals surface area contributed by atoms with E-state index in [2.05, 4.69) is 10.6 Å². The average molecular weight is 528 g/mol. The number of anilines is 2. The van der Waals surface area contributed by atoms with Crippen LogP contribution in [0.4, 0.5) is 37.7 Å². The Kier molecular flexibility index (Phi) is 7.52. The summed E-state index contributed by atoms with van der Waals surface area (Å²) in [4.78, 5) is 12.8. The Hall–Kier alpha value is -3.50. The van der Waals surface area contributed by atoms with E-state index in [-0.39, 0.29) is 24.2 Å². The summed E-state index contributed by atoms with van der Waals surface area (Å²) in [7, 11) is 0. The van der Waals surface area contributed by atoms with Gasteiger partial charge in [-0.15, -0.1) is 0 Å². The van der Waals surface area contributed by atoms with E-state index in [1.165, 1.54) is 18.2 Å². The predicted octanol–water partition coefficient (Wildman–Crippen LogP) is 4.44. The summed E-state index contributed by atoms with van der Waals surface area (Å²) in [6.45, 7) is 0.0779. The lowest BCUT2D eigenvalue weighted by Crippen LogP contribution is -2.42. The van der Waals surface area contributed by atoms with Crippen LogP contribution in [0.25, 0.3) is 0 Å². The summed E-state index contributed by atoms with van der Waals surface area (Å²) in [5.74, 6) is 0.139. The highest BCUT2D eigenvalue weighted by molar-refractivity contribution is 5.95. The molecule has 2 N–H and O–H groups in total. The van der Waals surface area contributed by atoms with Gasteiger partial charge < -0.3 is 25.0 Å². The molecule has 0 aliphatic carbocycles. The van der Waals surface area contributed by atoms with E-state index in [1.807, 2.05) is 0 Å². The number of amides is 1. The predicted molar refractivity (Wildman–Crippen MR) is 120 cm³/mol. The van der Waals surface area contributed by atoms with Crippen LogP contribution in [0.2, 0.25) is 0 Å². The van der Waals surface area contributed by atoms with Gasteiger partial charge in [0.1, 0.15) is 18.5 Å². The summed E-state index contributed by atoms with van der Waals surface area (Å²) in [5.41, 5.74) is -1.89. The molecular formula is C24H22F6N4O3. The Morgan fingerprint density at radius 2 is 1.89 bits per heavy atom. The van der Waals surface area contributed by atoms with E-state index < -0.39 is 42.4 Å². The topological polar surface area (TPSA) is 86.6 Å². The third kappa shape index (κ3) is 6.26. The molecule has 3 unspecified atom stereocenters. The molecule has 1 amide bonds. The number of carbonyl (C=O) groups excluding carboxylic acids is 1. The van der Waals surface area contributed by atoms with Gasteiger partial charge in [-0.25, -0.2) is 0 Å². The molecule has 2 fully saturated rings. The minimum atomic E-state index is -4.92. The number of ether oxygens (including phenoxy) is 2. The average Bonchev–Trinajstić information content (AvgIpc) is 3.53. The number of halogens is 6. The molecule has 3 atom stereocenters. The molecule has 0 radical (unpaired) electrons. The third-order valence-electron chi connectivity index (χ3n) is 5.98. The number of hydrogen-bond donors (Lipinski definition) is 2. The van der Waals surface area contributed by atoms with Crippen LogP contribution in [0.3, 0.4) is 0 Å². The lowest BCUT2D eigenvalue weighted by molar-refractivity contribution is -0.215. The molecule has 37 heavy (non-hydrogen) atoms. The van der Waals surface area contributed by atoms with Crippen molar-refractivity contribution in [2.24, 2.45) is 0 Å². The molecule has 2 heterocycles. The zero-order valence-electron chi connectivity index (χ0n) is 19.2. The van der Waals surface area contributed by atoms with E-state index >= 15 is 0 Å². The van der Waals surface area contributed by atoms with Crippen LogP contribution in [0.5, 0.6) is 5.75 Å². The van der Waals surface area contributed by atoms with Crippen LogP contribution in [-0.4, -0.2) is 50.2 Å². The molecule has 198 valence electrons. The first-order valence-corrected chi connectivity index (χ1v) is 11.3. The number of nitrogens with one attached hydrogen (secondary N) is 2. The van der Waals surface area contributed by atoms with E-state index in [1.54, 1.807) is 12.1 Å². The van der Waals surface area contributed by atoms with Gasteiger partial charge in [0.25, 0.3) is 0 Å². The van der Waals surface area contributed by atoms with Crippen LogP contribution in [0.1, 0.15) is 24.0 Å². The molecule has 2 aliphatic heterocycles. The molecule has 2 aliphatic rings. The lowest BCUT2D eigenvalue weighted by Gasteiger charge is -2.27. The monoisotopic (exact) mass is 528 g/mol. The SMILES string of the molecule is N#Cc1ccc(N2CC(COc3ccc(NC(=O)C4CCCN4)cc3)OC2C(F)(F)F)cc1C(F)(F)F. The van der Waals surface area contributed by atoms with Crippen molar-refractivity contribution in [2.45, 2.75) is 43.6 Å². The first kappa shape index (κ1) is 26.6. The van der Waals surface area contributed by atoms with Gasteiger partial charge in [-0.2, -0.15) is 31.6 Å². The Morgan fingerprint density at radius 3 is 2.49 bits per heavy atom. The fourth-order valence-corrected chi connectivity index (χ4v) is 4.20. The Balaban J connectivity index is 1.42. The number of carbonyl (C=O) groups is 1. The summed E-state index contributed by atoms with van der Waals surface area (Å²) < 4.78 is 91.6. The first-order chi connectivity index (χ1) is 17.5. The van der Waals surface area contributed by atoms with E-state index in [9.17, 15) is 31.1 Å². The van der Waals surface area contributed by atoms with Crippen molar-refractivity contribution in [3.05, 3.63) is 53.6 Å². The van der Waals surface area contributed by atoms with Crippen molar-refractivity contribution in [1.82, 2.24) is 5.32 Å². The standard InChI is InChI=1S/C24H22F6N4O3/c25-23(26,27)19-10-16(6-3-14(19)11-31)34-12-18(37-22(34)24(28,29)30)13-36-17-7-4-15(5-8-17)33-21(35)20-2-1-9-32-20/h3-8,10,18,20,22,32H,1-2,9,12-13H2,(H,33,35). The van der Waals surface area contributed by atoms with E-state index in [0.717, 1.165) is 31.5 Å². The number of rotatable bonds is 6. The highest BCUT2D eigenvalue weighted by Crippen LogP contribution is 2.39. The molecular weight excluding hydrogens is 506 g/mol. The number of nitriles is 1. The maximum atomic E-state index is 13.7. The fourth-order valence-electron chi connectivity index (χ4n) is 4.20. The smallest absolute Gasteiger partial charge is 0.433 e. The Labute approximate surface area is 207 Å². The minimum Gasteiger partial charge on any atom is -0.491 e. The maximum absolute atomic E-state index is 13.7. The van der Waals surface area contributed by atoms with Gasteiger partial charge in [0.2, 0.25) is 12.1 Å². The molecule has 2 aromatic carbocycles. The molecule has 0 aromatic heterocycles. The highest BCUT2D eigenvalue weighted by Gasteiger charge is 2.51. The second-order valence-electron chi connectivity index (χ2n) is 8.62. The molecule has 0 saturated carbocycles. The second kappa shape index (κ2) is 10.5. The van der Waals surface area contributed by atoms with Crippen LogP contribution in [-0.2, 0) is 15.7 Å². The van der Waals surface area contributed by atoms with Gasteiger partial charge in [-0.1, -0.05) is 0 Å². The third-order valence-corrected chi connectivity index (χ3v) is 5.98. The number of alkyl halides is 6. The lowest BCUT2D eigenvalue weighted by atomic mass is 10.1. The van der Waals surface area contributed by atoms with E-state index in [4.69, 9.17) is 14.7 Å². The van der Waals surface area contributed by atoms with Gasteiger partial charge in [0.15, 0.2) is 0 Å². The molecule has 7 nitrogen and oxygen atoms in total. The summed E-state index contributed by atoms with van der Waals surface area (Å²) >= 11 is 0. The molecule has 2 saturated heterocycles. The van der Waals surface area contributed by atoms with Gasteiger partial charge in [-0.3, -0.25) is 4.79 Å². The van der Waals surface area contributed by atoms with Crippen LogP contribution in [0, 0.1) is 11.3 Å². The van der Waals surface area contributed by atoms with Gasteiger partial charge in [-0.05, 0) is 61.9 Å². The van der Waals surface area contributed by atoms with Crippen molar-refractivity contribution in [3.8, 4) is 11.8 Å². The summed E-state index contributed by atoms with van der Waals surface area (Å²) in [5, 5.41) is 14.8. The van der Waals surface area contributed by atoms with Gasteiger partial charge in [0.05, 0.1) is 29.8 Å². The molecule has 4 rings (SSSR count). The molecule has 13 heteroatoms. The van der Waals surface area contributed by atoms with Crippen molar-refractivity contribution in [2.75, 3.05) is 29.9 Å². The van der Waals surface area contributed by atoms with Gasteiger partial charge >= 0.3 is 12.4 Å². The molecule has 0 spiro atoms. The zero-order valence-corrected chi connectivity index (χ0v) is 19.2. The summed E-state index contributed by atoms with van der Waals surface area (Å²) in [6.07, 6.45) is -11.8. The normalized spacial score (nSPS) is 22.1.